The van der Waals surface area contributed by atoms with E-state index in [0.717, 1.165) is 36.2 Å². The zero-order chi connectivity index (χ0) is 15.6. The third kappa shape index (κ3) is 3.92. The van der Waals surface area contributed by atoms with Crippen LogP contribution in [0.3, 0.4) is 0 Å². The van der Waals surface area contributed by atoms with E-state index in [2.05, 4.69) is 16.6 Å². The van der Waals surface area contributed by atoms with Crippen molar-refractivity contribution in [3.05, 3.63) is 28.8 Å². The number of benzene rings is 1. The van der Waals surface area contributed by atoms with Crippen molar-refractivity contribution in [1.82, 2.24) is 4.90 Å². The summed E-state index contributed by atoms with van der Waals surface area (Å²) in [5, 5.41) is 0. The van der Waals surface area contributed by atoms with Gasteiger partial charge in [-0.15, -0.1) is 0 Å². The molecule has 1 unspecified atom stereocenters. The zero-order valence-electron chi connectivity index (χ0n) is 13.0. The minimum Gasteiger partial charge on any atom is -0.434 e. The number of nitrogens with two attached hydrogens (primary N) is 1. The first-order valence-corrected chi connectivity index (χ1v) is 7.30. The molecule has 0 spiro atoms. The van der Waals surface area contributed by atoms with Gasteiger partial charge < -0.3 is 10.5 Å². The van der Waals surface area contributed by atoms with Gasteiger partial charge in [0.05, 0.1) is 0 Å². The predicted molar refractivity (Wildman–Crippen MR) is 79.6 cm³/mol. The number of likely N-dealkylation sites (tertiary alicyclic amines) is 1. The summed E-state index contributed by atoms with van der Waals surface area (Å²) in [6.45, 7) is 6.37. The van der Waals surface area contributed by atoms with E-state index in [-0.39, 0.29) is 11.2 Å². The largest absolute Gasteiger partial charge is 0.434 e. The Morgan fingerprint density at radius 1 is 1.33 bits per heavy atom. The molecule has 1 heterocycles. The van der Waals surface area contributed by atoms with Crippen LogP contribution in [0.2, 0.25) is 0 Å². The molecule has 1 aromatic rings. The second kappa shape index (κ2) is 6.28. The van der Waals surface area contributed by atoms with Crippen LogP contribution in [0.15, 0.2) is 12.1 Å². The van der Waals surface area contributed by atoms with Crippen LogP contribution < -0.4 is 10.5 Å². The second-order valence-corrected chi connectivity index (χ2v) is 6.40. The highest BCUT2D eigenvalue weighted by molar-refractivity contribution is 5.41. The minimum absolute atomic E-state index is 0.128. The van der Waals surface area contributed by atoms with E-state index in [1.165, 1.54) is 0 Å². The summed E-state index contributed by atoms with van der Waals surface area (Å²) in [5.41, 5.74) is 8.81. The van der Waals surface area contributed by atoms with Gasteiger partial charge in [0.2, 0.25) is 0 Å². The van der Waals surface area contributed by atoms with Crippen LogP contribution in [0, 0.1) is 19.3 Å². The van der Waals surface area contributed by atoms with Crippen LogP contribution in [0.5, 0.6) is 5.75 Å². The molecular formula is C16H24F2N2O. The van der Waals surface area contributed by atoms with Gasteiger partial charge in [0.1, 0.15) is 5.75 Å². The van der Waals surface area contributed by atoms with Gasteiger partial charge in [0.15, 0.2) is 0 Å². The predicted octanol–water partition coefficient (Wildman–Crippen LogP) is 3.08. The molecule has 2 rings (SSSR count). The molecule has 0 radical (unpaired) electrons. The highest BCUT2D eigenvalue weighted by Gasteiger charge is 2.32. The standard InChI is InChI=1S/C16H24F2N2O/c1-11-6-13(14(7-12(11)2)21-15(17)18)8-20-5-4-16(3,9-19)10-20/h6-7,15H,4-5,8-10,19H2,1-3H3. The van der Waals surface area contributed by atoms with E-state index >= 15 is 0 Å². The molecule has 0 bridgehead atoms. The molecule has 21 heavy (non-hydrogen) atoms. The van der Waals surface area contributed by atoms with Crippen LogP contribution >= 0.6 is 0 Å². The minimum atomic E-state index is -2.79. The lowest BCUT2D eigenvalue weighted by molar-refractivity contribution is -0.0507. The van der Waals surface area contributed by atoms with Crippen molar-refractivity contribution < 1.29 is 13.5 Å². The fourth-order valence-electron chi connectivity index (χ4n) is 2.85. The average Bonchev–Trinajstić information content (AvgIpc) is 2.77. The first kappa shape index (κ1) is 16.2. The maximum Gasteiger partial charge on any atom is 0.387 e. The van der Waals surface area contributed by atoms with Gasteiger partial charge in [-0.05, 0) is 56.0 Å². The van der Waals surface area contributed by atoms with Gasteiger partial charge >= 0.3 is 6.61 Å². The third-order valence-corrected chi connectivity index (χ3v) is 4.42. The summed E-state index contributed by atoms with van der Waals surface area (Å²) < 4.78 is 29.8. The fourth-order valence-corrected chi connectivity index (χ4v) is 2.85. The number of hydrogen-bond acceptors (Lipinski definition) is 3. The molecule has 0 aliphatic carbocycles. The Hall–Kier alpha value is -1.20. The summed E-state index contributed by atoms with van der Waals surface area (Å²) in [6, 6.07) is 3.65. The Labute approximate surface area is 125 Å². The molecular weight excluding hydrogens is 274 g/mol. The van der Waals surface area contributed by atoms with Crippen molar-refractivity contribution in [3.63, 3.8) is 0 Å². The molecule has 1 atom stereocenters. The highest BCUT2D eigenvalue weighted by Crippen LogP contribution is 2.32. The SMILES string of the molecule is Cc1cc(CN2CCC(C)(CN)C2)c(OC(F)F)cc1C. The van der Waals surface area contributed by atoms with Gasteiger partial charge in [0.25, 0.3) is 0 Å². The number of halogens is 2. The van der Waals surface area contributed by atoms with Gasteiger partial charge in [-0.3, -0.25) is 4.90 Å². The Morgan fingerprint density at radius 3 is 2.57 bits per heavy atom. The highest BCUT2D eigenvalue weighted by atomic mass is 19.3. The van der Waals surface area contributed by atoms with Crippen LogP contribution in [-0.4, -0.2) is 31.1 Å². The molecule has 1 fully saturated rings. The van der Waals surface area contributed by atoms with Crippen molar-refractivity contribution in [2.75, 3.05) is 19.6 Å². The van der Waals surface area contributed by atoms with Gasteiger partial charge in [-0.2, -0.15) is 8.78 Å². The molecule has 0 saturated carbocycles. The first-order valence-electron chi connectivity index (χ1n) is 7.30. The summed E-state index contributed by atoms with van der Waals surface area (Å²) in [6.07, 6.45) is 1.04. The summed E-state index contributed by atoms with van der Waals surface area (Å²) in [4.78, 5) is 2.26. The van der Waals surface area contributed by atoms with Crippen LogP contribution in [0.25, 0.3) is 0 Å². The summed E-state index contributed by atoms with van der Waals surface area (Å²) in [5.74, 6) is 0.287. The van der Waals surface area contributed by atoms with E-state index in [4.69, 9.17) is 5.73 Å². The maximum atomic E-state index is 12.6. The lowest BCUT2D eigenvalue weighted by Gasteiger charge is -2.23. The van der Waals surface area contributed by atoms with E-state index in [0.29, 0.717) is 13.1 Å². The van der Waals surface area contributed by atoms with Crippen LogP contribution in [-0.2, 0) is 6.54 Å². The Bertz CT molecular complexity index is 507. The topological polar surface area (TPSA) is 38.5 Å². The molecule has 1 aliphatic rings. The Balaban J connectivity index is 2.17. The average molecular weight is 298 g/mol. The van der Waals surface area contributed by atoms with Crippen LogP contribution in [0.1, 0.15) is 30.0 Å². The number of nitrogens with zero attached hydrogens (tertiary/aromatic N) is 1. The zero-order valence-corrected chi connectivity index (χ0v) is 13.0. The van der Waals surface area contributed by atoms with E-state index in [9.17, 15) is 8.78 Å². The first-order chi connectivity index (χ1) is 9.83. The number of alkyl halides is 2. The van der Waals surface area contributed by atoms with E-state index in [1.54, 1.807) is 6.07 Å². The van der Waals surface area contributed by atoms with E-state index < -0.39 is 6.61 Å². The Morgan fingerprint density at radius 2 is 2.00 bits per heavy atom. The number of rotatable bonds is 5. The molecule has 1 saturated heterocycles. The molecule has 5 heteroatoms. The molecule has 0 amide bonds. The monoisotopic (exact) mass is 298 g/mol. The van der Waals surface area contributed by atoms with Gasteiger partial charge in [0, 0.05) is 18.7 Å². The lowest BCUT2D eigenvalue weighted by atomic mass is 9.90. The van der Waals surface area contributed by atoms with Crippen LogP contribution in [0.4, 0.5) is 8.78 Å². The van der Waals surface area contributed by atoms with Crippen molar-refractivity contribution in [2.45, 2.75) is 40.3 Å². The second-order valence-electron chi connectivity index (χ2n) is 6.40. The molecule has 118 valence electrons. The third-order valence-electron chi connectivity index (χ3n) is 4.42. The van der Waals surface area contributed by atoms with E-state index in [1.807, 2.05) is 19.9 Å². The van der Waals surface area contributed by atoms with Crippen molar-refractivity contribution in [2.24, 2.45) is 11.1 Å². The van der Waals surface area contributed by atoms with Crippen molar-refractivity contribution in [1.29, 1.82) is 0 Å². The van der Waals surface area contributed by atoms with Crippen molar-refractivity contribution >= 4 is 0 Å². The van der Waals surface area contributed by atoms with Gasteiger partial charge in [-0.25, -0.2) is 0 Å². The summed E-state index contributed by atoms with van der Waals surface area (Å²) >= 11 is 0. The number of hydrogen-bond donors (Lipinski definition) is 1. The van der Waals surface area contributed by atoms with Crippen molar-refractivity contribution in [3.8, 4) is 5.75 Å². The molecule has 3 nitrogen and oxygen atoms in total. The Kier molecular flexibility index (Phi) is 4.84. The quantitative estimate of drug-likeness (QED) is 0.908. The lowest BCUT2D eigenvalue weighted by Crippen LogP contribution is -2.31. The summed E-state index contributed by atoms with van der Waals surface area (Å²) in [7, 11) is 0. The number of ether oxygens (including phenoxy) is 1. The fraction of sp³-hybridized carbons (Fsp3) is 0.625. The molecule has 1 aliphatic heterocycles. The normalized spacial score (nSPS) is 23.0. The smallest absolute Gasteiger partial charge is 0.387 e. The molecule has 1 aromatic carbocycles. The van der Waals surface area contributed by atoms with Gasteiger partial charge in [-0.1, -0.05) is 13.0 Å². The maximum absolute atomic E-state index is 12.6. The molecule has 2 N–H and O–H groups in total. The molecule has 0 aromatic heterocycles. The number of aryl methyl sites for hydroxylation is 2.